The number of aryl methyl sites for hydroxylation is 1. The number of aromatic nitrogens is 2. The van der Waals surface area contributed by atoms with Gasteiger partial charge < -0.3 is 9.05 Å². The van der Waals surface area contributed by atoms with Crippen molar-refractivity contribution in [3.63, 3.8) is 0 Å². The first-order valence-corrected chi connectivity index (χ1v) is 9.79. The summed E-state index contributed by atoms with van der Waals surface area (Å²) in [4.78, 5) is 0. The van der Waals surface area contributed by atoms with Crippen molar-refractivity contribution in [3.05, 3.63) is 34.5 Å². The first-order valence-electron chi connectivity index (χ1n) is 9.79. The van der Waals surface area contributed by atoms with Gasteiger partial charge in [0.25, 0.3) is 0 Å². The van der Waals surface area contributed by atoms with Crippen LogP contribution in [0, 0.1) is 6.92 Å². The van der Waals surface area contributed by atoms with Crippen LogP contribution in [0.4, 0.5) is 0 Å². The molecule has 0 aliphatic carbocycles. The number of rotatable bonds is 0. The molecule has 2 heterocycles. The van der Waals surface area contributed by atoms with Gasteiger partial charge in [-0.25, -0.2) is 0 Å². The smallest absolute Gasteiger partial charge is 0.137 e. The molecule has 0 saturated heterocycles. The van der Waals surface area contributed by atoms with E-state index in [2.05, 4.69) is 93.4 Å². The molecule has 0 bridgehead atoms. The van der Waals surface area contributed by atoms with Crippen molar-refractivity contribution in [3.8, 4) is 0 Å². The molecule has 0 aliphatic heterocycles. The molecule has 0 radical (unpaired) electrons. The summed E-state index contributed by atoms with van der Waals surface area (Å²) in [5, 5.41) is 8.26. The lowest BCUT2D eigenvalue weighted by Crippen LogP contribution is -2.21. The van der Waals surface area contributed by atoms with Gasteiger partial charge in [0, 0.05) is 22.0 Å². The van der Waals surface area contributed by atoms with Crippen LogP contribution in [0.25, 0.3) is 0 Å². The summed E-state index contributed by atoms with van der Waals surface area (Å²) in [5.41, 5.74) is 4.96. The molecular formula is C23H40N2O2. The van der Waals surface area contributed by atoms with Crippen molar-refractivity contribution in [1.29, 1.82) is 0 Å². The van der Waals surface area contributed by atoms with Gasteiger partial charge in [-0.2, -0.15) is 0 Å². The lowest BCUT2D eigenvalue weighted by Gasteiger charge is -2.24. The van der Waals surface area contributed by atoms with E-state index in [1.165, 1.54) is 11.1 Å². The van der Waals surface area contributed by atoms with Crippen molar-refractivity contribution in [2.24, 2.45) is 0 Å². The minimum absolute atomic E-state index is 0.0559. The Morgan fingerprint density at radius 1 is 0.630 bits per heavy atom. The van der Waals surface area contributed by atoms with E-state index < -0.39 is 0 Å². The van der Waals surface area contributed by atoms with Crippen molar-refractivity contribution >= 4 is 0 Å². The molecule has 0 unspecified atom stereocenters. The molecule has 0 aromatic carbocycles. The molecule has 0 spiro atoms. The molecule has 0 N–H and O–H groups in total. The average molecular weight is 377 g/mol. The van der Waals surface area contributed by atoms with Crippen molar-refractivity contribution < 1.29 is 9.05 Å². The van der Waals surface area contributed by atoms with E-state index in [0.29, 0.717) is 0 Å². The van der Waals surface area contributed by atoms with Gasteiger partial charge in [0.2, 0.25) is 0 Å². The largest absolute Gasteiger partial charge is 0.364 e. The fourth-order valence-electron chi connectivity index (χ4n) is 3.08. The zero-order valence-corrected chi connectivity index (χ0v) is 19.8. The fourth-order valence-corrected chi connectivity index (χ4v) is 3.08. The molecule has 2 rings (SSSR count). The number of hydrogen-bond acceptors (Lipinski definition) is 4. The van der Waals surface area contributed by atoms with E-state index in [-0.39, 0.29) is 21.7 Å². The van der Waals surface area contributed by atoms with E-state index in [1.807, 2.05) is 6.92 Å². The lowest BCUT2D eigenvalue weighted by atomic mass is 9.78. The highest BCUT2D eigenvalue weighted by Crippen LogP contribution is 2.35. The molecule has 0 aliphatic rings. The van der Waals surface area contributed by atoms with Gasteiger partial charge in [-0.1, -0.05) is 93.4 Å². The van der Waals surface area contributed by atoms with Crippen LogP contribution in [0.1, 0.15) is 111 Å². The zero-order chi connectivity index (χ0) is 21.4. The van der Waals surface area contributed by atoms with Gasteiger partial charge in [0.15, 0.2) is 0 Å². The number of hydrogen-bond donors (Lipinski definition) is 0. The standard InChI is InChI=1S/C12H21NO.C11H19NO/c1-8-9(11(2,3)4)10(13-14-8)12(5,6)7;1-10(2,3)8-7-13-12-9(8)11(4,5)6/h1-7H3;7H,1-6H3. The maximum atomic E-state index is 5.30. The maximum Gasteiger partial charge on any atom is 0.137 e. The molecule has 0 amide bonds. The van der Waals surface area contributed by atoms with Gasteiger partial charge in [0.1, 0.15) is 12.0 Å². The summed E-state index contributed by atoms with van der Waals surface area (Å²) in [6.07, 6.45) is 1.76. The normalized spacial score (nSPS) is 13.4. The van der Waals surface area contributed by atoms with Crippen molar-refractivity contribution in [1.82, 2.24) is 10.3 Å². The molecule has 4 nitrogen and oxygen atoms in total. The van der Waals surface area contributed by atoms with E-state index in [4.69, 9.17) is 9.05 Å². The Morgan fingerprint density at radius 2 is 1.11 bits per heavy atom. The molecular weight excluding hydrogens is 336 g/mol. The summed E-state index contributed by atoms with van der Waals surface area (Å²) in [5.74, 6) is 0.947. The van der Waals surface area contributed by atoms with Crippen LogP contribution >= 0.6 is 0 Å². The highest BCUT2D eigenvalue weighted by molar-refractivity contribution is 5.33. The predicted octanol–water partition coefficient (Wildman–Crippen LogP) is 6.85. The topological polar surface area (TPSA) is 52.1 Å². The quantitative estimate of drug-likeness (QED) is 0.504. The molecule has 27 heavy (non-hydrogen) atoms. The Kier molecular flexibility index (Phi) is 6.47. The van der Waals surface area contributed by atoms with Crippen LogP contribution in [0.15, 0.2) is 15.3 Å². The summed E-state index contributed by atoms with van der Waals surface area (Å²) < 4.78 is 10.3. The minimum atomic E-state index is 0.0559. The SMILES string of the molecule is CC(C)(C)c1conc1C(C)(C)C.Cc1onc(C(C)(C)C)c1C(C)(C)C. The minimum Gasteiger partial charge on any atom is -0.364 e. The predicted molar refractivity (Wildman–Crippen MR) is 113 cm³/mol. The number of nitrogens with zero attached hydrogens (tertiary/aromatic N) is 2. The highest BCUT2D eigenvalue weighted by Gasteiger charge is 2.31. The Balaban J connectivity index is 0.000000271. The second-order valence-corrected chi connectivity index (χ2v) is 11.5. The Labute approximate surface area is 166 Å². The zero-order valence-electron chi connectivity index (χ0n) is 19.8. The Bertz CT molecular complexity index is 711. The molecule has 2 aromatic rings. The van der Waals surface area contributed by atoms with Gasteiger partial charge in [0.05, 0.1) is 11.4 Å². The van der Waals surface area contributed by atoms with Crippen LogP contribution < -0.4 is 0 Å². The third-order valence-corrected chi connectivity index (χ3v) is 4.41. The Morgan fingerprint density at radius 3 is 1.41 bits per heavy atom. The van der Waals surface area contributed by atoms with Gasteiger partial charge >= 0.3 is 0 Å². The Hall–Kier alpha value is -1.58. The van der Waals surface area contributed by atoms with Crippen molar-refractivity contribution in [2.75, 3.05) is 0 Å². The molecule has 0 saturated carbocycles. The third-order valence-electron chi connectivity index (χ3n) is 4.41. The summed E-state index contributed by atoms with van der Waals surface area (Å²) in [6, 6.07) is 0. The van der Waals surface area contributed by atoms with E-state index >= 15 is 0 Å². The lowest BCUT2D eigenvalue weighted by molar-refractivity contribution is 0.375. The first kappa shape index (κ1) is 23.5. The molecule has 4 heteroatoms. The van der Waals surface area contributed by atoms with E-state index in [0.717, 1.165) is 17.1 Å². The van der Waals surface area contributed by atoms with Gasteiger partial charge in [-0.15, -0.1) is 0 Å². The molecule has 0 fully saturated rings. The van der Waals surface area contributed by atoms with E-state index in [9.17, 15) is 0 Å². The molecule has 154 valence electrons. The van der Waals surface area contributed by atoms with Crippen molar-refractivity contribution in [2.45, 2.75) is 112 Å². The van der Waals surface area contributed by atoms with E-state index in [1.54, 1.807) is 6.26 Å². The average Bonchev–Trinajstić information content (AvgIpc) is 3.01. The van der Waals surface area contributed by atoms with Gasteiger partial charge in [-0.3, -0.25) is 0 Å². The summed E-state index contributed by atoms with van der Waals surface area (Å²) >= 11 is 0. The van der Waals surface area contributed by atoms with Crippen LogP contribution in [-0.4, -0.2) is 10.3 Å². The summed E-state index contributed by atoms with van der Waals surface area (Å²) in [7, 11) is 0. The molecule has 0 atom stereocenters. The highest BCUT2D eigenvalue weighted by atomic mass is 16.5. The van der Waals surface area contributed by atoms with Crippen LogP contribution in [0.2, 0.25) is 0 Å². The third kappa shape index (κ3) is 5.95. The summed E-state index contributed by atoms with van der Waals surface area (Å²) in [6.45, 7) is 28.1. The van der Waals surface area contributed by atoms with Crippen LogP contribution in [-0.2, 0) is 21.7 Å². The van der Waals surface area contributed by atoms with Crippen LogP contribution in [0.3, 0.4) is 0 Å². The first-order chi connectivity index (χ1) is 11.9. The second kappa shape index (κ2) is 7.44. The monoisotopic (exact) mass is 376 g/mol. The maximum absolute atomic E-state index is 5.30. The van der Waals surface area contributed by atoms with Gasteiger partial charge in [-0.05, 0) is 17.8 Å². The molecule has 2 aromatic heterocycles. The fraction of sp³-hybridized carbons (Fsp3) is 0.739. The van der Waals surface area contributed by atoms with Crippen LogP contribution in [0.5, 0.6) is 0 Å². The second-order valence-electron chi connectivity index (χ2n) is 11.5.